The largest absolute Gasteiger partial charge is 0.331 e. The van der Waals surface area contributed by atoms with Gasteiger partial charge in [0, 0.05) is 11.1 Å². The fourth-order valence-corrected chi connectivity index (χ4v) is 5.54. The highest BCUT2D eigenvalue weighted by Crippen LogP contribution is 2.66. The summed E-state index contributed by atoms with van der Waals surface area (Å²) in [5.74, 6) is -2.05. The van der Waals surface area contributed by atoms with Crippen LogP contribution in [0.3, 0.4) is 0 Å². The summed E-state index contributed by atoms with van der Waals surface area (Å²) in [4.78, 5) is 0. The van der Waals surface area contributed by atoms with Gasteiger partial charge in [-0.05, 0) is 49.9 Å². The van der Waals surface area contributed by atoms with E-state index in [0.717, 1.165) is 22.3 Å². The predicted octanol–water partition coefficient (Wildman–Crippen LogP) is 7.66. The van der Waals surface area contributed by atoms with E-state index < -0.39 is 22.8 Å². The number of rotatable bonds is 4. The van der Waals surface area contributed by atoms with Crippen LogP contribution in [0.15, 0.2) is 109 Å². The lowest BCUT2D eigenvalue weighted by Crippen LogP contribution is -2.56. The zero-order chi connectivity index (χ0) is 24.3. The lowest BCUT2D eigenvalue weighted by atomic mass is 9.85. The first-order chi connectivity index (χ1) is 16.8. The van der Waals surface area contributed by atoms with E-state index in [4.69, 9.17) is 14.2 Å². The van der Waals surface area contributed by atoms with Crippen molar-refractivity contribution in [3.63, 3.8) is 0 Å². The maximum Gasteiger partial charge on any atom is 0.228 e. The van der Waals surface area contributed by atoms with Crippen molar-refractivity contribution in [2.24, 2.45) is 0 Å². The SMILES string of the molecule is CC1(C)OC2(c3ccc(-c4ccccc4)cc3)OC1(c1ccc(-c3ccccc3)cc1)OC2(C)C. The predicted molar refractivity (Wildman–Crippen MR) is 139 cm³/mol. The van der Waals surface area contributed by atoms with Gasteiger partial charge in [-0.15, -0.1) is 0 Å². The highest BCUT2D eigenvalue weighted by molar-refractivity contribution is 5.65. The molecule has 176 valence electrons. The lowest BCUT2D eigenvalue weighted by Gasteiger charge is -2.46. The number of hydrogen-bond donors (Lipinski definition) is 0. The van der Waals surface area contributed by atoms with Gasteiger partial charge in [0.05, 0.1) is 0 Å². The maximum absolute atomic E-state index is 6.90. The van der Waals surface area contributed by atoms with Crippen LogP contribution in [0.2, 0.25) is 0 Å². The fourth-order valence-electron chi connectivity index (χ4n) is 5.54. The standard InChI is InChI=1S/C32H30O3/c1-29(2)31(27-19-15-25(16-20-27)23-11-7-5-8-12-23)34-30(3,4)32(33-29,35-31)28-21-17-26(18-22-28)24-13-9-6-10-14-24/h5-22H,1-4H3. The summed E-state index contributed by atoms with van der Waals surface area (Å²) in [5, 5.41) is 0. The zero-order valence-corrected chi connectivity index (χ0v) is 20.6. The molecule has 6 rings (SSSR count). The van der Waals surface area contributed by atoms with Crippen molar-refractivity contribution in [1.29, 1.82) is 0 Å². The average molecular weight is 463 g/mol. The number of benzene rings is 4. The summed E-state index contributed by atoms with van der Waals surface area (Å²) in [6, 6.07) is 37.7. The van der Waals surface area contributed by atoms with E-state index in [1.54, 1.807) is 0 Å². The summed E-state index contributed by atoms with van der Waals surface area (Å²) >= 11 is 0. The maximum atomic E-state index is 6.90. The summed E-state index contributed by atoms with van der Waals surface area (Å²) in [5.41, 5.74) is 5.18. The van der Waals surface area contributed by atoms with Crippen molar-refractivity contribution in [3.8, 4) is 22.3 Å². The second-order valence-corrected chi connectivity index (χ2v) is 10.4. The van der Waals surface area contributed by atoms with E-state index in [9.17, 15) is 0 Å². The van der Waals surface area contributed by atoms with Crippen LogP contribution < -0.4 is 0 Å². The molecule has 2 aliphatic rings. The monoisotopic (exact) mass is 462 g/mol. The van der Waals surface area contributed by atoms with Crippen LogP contribution in [0.25, 0.3) is 22.3 Å². The van der Waals surface area contributed by atoms with Gasteiger partial charge in [0.15, 0.2) is 0 Å². The van der Waals surface area contributed by atoms with E-state index >= 15 is 0 Å². The van der Waals surface area contributed by atoms with Gasteiger partial charge in [0.25, 0.3) is 0 Å². The van der Waals surface area contributed by atoms with E-state index in [2.05, 4.69) is 97.1 Å². The number of hydrogen-bond acceptors (Lipinski definition) is 3. The lowest BCUT2D eigenvalue weighted by molar-refractivity contribution is -0.298. The Morgan fingerprint density at radius 2 is 0.686 bits per heavy atom. The smallest absolute Gasteiger partial charge is 0.228 e. The Kier molecular flexibility index (Phi) is 4.85. The Bertz CT molecular complexity index is 1230. The topological polar surface area (TPSA) is 27.7 Å². The van der Waals surface area contributed by atoms with E-state index in [0.29, 0.717) is 0 Å². The van der Waals surface area contributed by atoms with Crippen LogP contribution in [-0.4, -0.2) is 11.2 Å². The summed E-state index contributed by atoms with van der Waals surface area (Å²) in [6.07, 6.45) is 0. The quantitative estimate of drug-likeness (QED) is 0.312. The molecule has 0 saturated carbocycles. The summed E-state index contributed by atoms with van der Waals surface area (Å²) in [6.45, 7) is 8.20. The molecule has 0 aliphatic carbocycles. The van der Waals surface area contributed by atoms with Crippen LogP contribution >= 0.6 is 0 Å². The molecule has 2 heterocycles. The molecule has 0 N–H and O–H groups in total. The van der Waals surface area contributed by atoms with Gasteiger partial charge in [0.1, 0.15) is 11.2 Å². The molecule has 2 atom stereocenters. The van der Waals surface area contributed by atoms with Gasteiger partial charge in [-0.25, -0.2) is 0 Å². The average Bonchev–Trinajstić information content (AvgIpc) is 3.28. The minimum atomic E-state index is -1.02. The first-order valence-electron chi connectivity index (χ1n) is 12.2. The fraction of sp³-hybridized carbons (Fsp3) is 0.250. The molecule has 2 aliphatic heterocycles. The van der Waals surface area contributed by atoms with Crippen molar-refractivity contribution < 1.29 is 14.2 Å². The molecule has 2 bridgehead atoms. The normalized spacial score (nSPS) is 26.1. The molecule has 2 saturated heterocycles. The molecule has 0 amide bonds. The molecule has 3 nitrogen and oxygen atoms in total. The Hall–Kier alpha value is -3.24. The number of ether oxygens (including phenoxy) is 3. The minimum Gasteiger partial charge on any atom is -0.331 e. The second kappa shape index (κ2) is 7.63. The second-order valence-electron chi connectivity index (χ2n) is 10.4. The molecule has 0 aromatic heterocycles. The molecule has 4 aromatic carbocycles. The van der Waals surface area contributed by atoms with Crippen molar-refractivity contribution >= 4 is 0 Å². The zero-order valence-electron chi connectivity index (χ0n) is 20.6. The molecule has 2 fully saturated rings. The van der Waals surface area contributed by atoms with Crippen LogP contribution in [0.1, 0.15) is 38.8 Å². The Labute approximate surface area is 207 Å². The summed E-state index contributed by atoms with van der Waals surface area (Å²) in [7, 11) is 0. The van der Waals surface area contributed by atoms with Gasteiger partial charge in [-0.2, -0.15) is 0 Å². The van der Waals surface area contributed by atoms with Crippen molar-refractivity contribution in [2.45, 2.75) is 50.5 Å². The van der Waals surface area contributed by atoms with Gasteiger partial charge < -0.3 is 14.2 Å². The van der Waals surface area contributed by atoms with Crippen molar-refractivity contribution in [2.75, 3.05) is 0 Å². The first-order valence-corrected chi connectivity index (χ1v) is 12.2. The molecular formula is C32H30O3. The van der Waals surface area contributed by atoms with Crippen molar-refractivity contribution in [1.82, 2.24) is 0 Å². The number of fused-ring (bicyclic) bond motifs is 2. The van der Waals surface area contributed by atoms with Gasteiger partial charge in [-0.1, -0.05) is 109 Å². The van der Waals surface area contributed by atoms with Crippen LogP contribution in [-0.2, 0) is 25.8 Å². The van der Waals surface area contributed by atoms with E-state index in [-0.39, 0.29) is 0 Å². The van der Waals surface area contributed by atoms with Crippen molar-refractivity contribution in [3.05, 3.63) is 120 Å². The van der Waals surface area contributed by atoms with Gasteiger partial charge >= 0.3 is 0 Å². The molecule has 4 aromatic rings. The third-order valence-electron chi connectivity index (χ3n) is 7.41. The Balaban J connectivity index is 1.39. The molecule has 0 radical (unpaired) electrons. The van der Waals surface area contributed by atoms with Gasteiger partial charge in [0.2, 0.25) is 11.6 Å². The van der Waals surface area contributed by atoms with Crippen LogP contribution in [0.4, 0.5) is 0 Å². The minimum absolute atomic E-state index is 0.700. The Morgan fingerprint density at radius 1 is 0.371 bits per heavy atom. The highest BCUT2D eigenvalue weighted by Gasteiger charge is 2.77. The third kappa shape index (κ3) is 3.23. The van der Waals surface area contributed by atoms with Gasteiger partial charge in [-0.3, -0.25) is 0 Å². The first kappa shape index (κ1) is 22.2. The molecule has 3 heteroatoms. The van der Waals surface area contributed by atoms with E-state index in [1.807, 2.05) is 39.8 Å². The molecule has 35 heavy (non-hydrogen) atoms. The van der Waals surface area contributed by atoms with E-state index in [1.165, 1.54) is 11.1 Å². The molecule has 0 spiro atoms. The molecule has 2 unspecified atom stereocenters. The highest BCUT2D eigenvalue weighted by atomic mass is 16.9. The van der Waals surface area contributed by atoms with Crippen LogP contribution in [0, 0.1) is 0 Å². The third-order valence-corrected chi connectivity index (χ3v) is 7.41. The Morgan fingerprint density at radius 3 is 1.03 bits per heavy atom. The molecular weight excluding hydrogens is 432 g/mol. The van der Waals surface area contributed by atoms with Crippen LogP contribution in [0.5, 0.6) is 0 Å². The summed E-state index contributed by atoms with van der Waals surface area (Å²) < 4.78 is 20.5.